The predicted octanol–water partition coefficient (Wildman–Crippen LogP) is -0.0570. The summed E-state index contributed by atoms with van der Waals surface area (Å²) in [6.07, 6.45) is 2.01. The van der Waals surface area contributed by atoms with Crippen molar-refractivity contribution in [3.63, 3.8) is 0 Å². The van der Waals surface area contributed by atoms with Gasteiger partial charge in [-0.25, -0.2) is 0 Å². The van der Waals surface area contributed by atoms with E-state index in [2.05, 4.69) is 10.1 Å². The lowest BCUT2D eigenvalue weighted by Gasteiger charge is -2.24. The Bertz CT molecular complexity index is 192. The van der Waals surface area contributed by atoms with Crippen LogP contribution in [-0.2, 0) is 19.0 Å². The molecule has 0 amide bonds. The first-order valence-electron chi connectivity index (χ1n) is 5.22. The molecular weight excluding hydrogens is 198 g/mol. The molecule has 88 valence electrons. The Morgan fingerprint density at radius 1 is 1.53 bits per heavy atom. The molecule has 0 spiro atoms. The molecule has 1 fully saturated rings. The Morgan fingerprint density at radius 2 is 2.20 bits per heavy atom. The van der Waals surface area contributed by atoms with Crippen LogP contribution in [0.25, 0.3) is 0 Å². The molecule has 1 aliphatic heterocycles. The fourth-order valence-corrected chi connectivity index (χ4v) is 1.49. The van der Waals surface area contributed by atoms with E-state index >= 15 is 0 Å². The van der Waals surface area contributed by atoms with E-state index in [1.54, 1.807) is 7.05 Å². The molecule has 0 aromatic carbocycles. The highest BCUT2D eigenvalue weighted by molar-refractivity contribution is 5.75. The maximum absolute atomic E-state index is 11.2. The van der Waals surface area contributed by atoms with Gasteiger partial charge in [-0.15, -0.1) is 0 Å². The van der Waals surface area contributed by atoms with Crippen LogP contribution in [0, 0.1) is 0 Å². The highest BCUT2D eigenvalue weighted by Gasteiger charge is 2.20. The SMILES string of the molecule is CNC(COC1CCOCC1)C(=O)OC. The summed E-state index contributed by atoms with van der Waals surface area (Å²) >= 11 is 0. The lowest BCUT2D eigenvalue weighted by atomic mass is 10.1. The quantitative estimate of drug-likeness (QED) is 0.654. The van der Waals surface area contributed by atoms with Crippen molar-refractivity contribution in [2.75, 3.05) is 34.0 Å². The lowest BCUT2D eigenvalue weighted by molar-refractivity contribution is -0.145. The molecule has 1 rings (SSSR count). The summed E-state index contributed by atoms with van der Waals surface area (Å²) in [7, 11) is 3.09. The molecule has 1 aliphatic rings. The summed E-state index contributed by atoms with van der Waals surface area (Å²) in [5, 5.41) is 2.86. The minimum atomic E-state index is -0.377. The van der Waals surface area contributed by atoms with Crippen molar-refractivity contribution in [3.05, 3.63) is 0 Å². The second-order valence-corrected chi connectivity index (χ2v) is 3.51. The molecule has 0 bridgehead atoms. The van der Waals surface area contributed by atoms with Gasteiger partial charge in [0.15, 0.2) is 0 Å². The number of carbonyl (C=O) groups excluding carboxylic acids is 1. The average molecular weight is 217 g/mol. The highest BCUT2D eigenvalue weighted by Crippen LogP contribution is 2.10. The maximum Gasteiger partial charge on any atom is 0.325 e. The molecule has 1 unspecified atom stereocenters. The second-order valence-electron chi connectivity index (χ2n) is 3.51. The number of nitrogens with one attached hydrogen (secondary N) is 1. The Labute approximate surface area is 90.1 Å². The molecular formula is C10H19NO4. The first-order valence-corrected chi connectivity index (χ1v) is 5.22. The molecule has 0 radical (unpaired) electrons. The van der Waals surface area contributed by atoms with Crippen LogP contribution in [0.2, 0.25) is 0 Å². The topological polar surface area (TPSA) is 56.8 Å². The second kappa shape index (κ2) is 6.76. The van der Waals surface area contributed by atoms with E-state index in [0.717, 1.165) is 26.1 Å². The monoisotopic (exact) mass is 217 g/mol. The molecule has 1 heterocycles. The third kappa shape index (κ3) is 4.15. The molecule has 0 aromatic rings. The molecule has 15 heavy (non-hydrogen) atoms. The van der Waals surface area contributed by atoms with Gasteiger partial charge >= 0.3 is 5.97 Å². The average Bonchev–Trinajstić information content (AvgIpc) is 2.31. The van der Waals surface area contributed by atoms with Gasteiger partial charge in [-0.05, 0) is 19.9 Å². The predicted molar refractivity (Wildman–Crippen MR) is 54.7 cm³/mol. The van der Waals surface area contributed by atoms with Gasteiger partial charge in [0.05, 0.1) is 19.8 Å². The zero-order valence-corrected chi connectivity index (χ0v) is 9.32. The molecule has 5 nitrogen and oxygen atoms in total. The van der Waals surface area contributed by atoms with E-state index in [-0.39, 0.29) is 18.1 Å². The molecule has 5 heteroatoms. The van der Waals surface area contributed by atoms with Crippen molar-refractivity contribution < 1.29 is 19.0 Å². The number of likely N-dealkylation sites (N-methyl/N-ethyl adjacent to an activating group) is 1. The summed E-state index contributed by atoms with van der Waals surface area (Å²) < 4.78 is 15.5. The van der Waals surface area contributed by atoms with Crippen LogP contribution in [0.4, 0.5) is 0 Å². The van der Waals surface area contributed by atoms with Crippen LogP contribution in [0.3, 0.4) is 0 Å². The standard InChI is InChI=1S/C10H19NO4/c1-11-9(10(12)13-2)7-15-8-3-5-14-6-4-8/h8-9,11H,3-7H2,1-2H3. The van der Waals surface area contributed by atoms with E-state index < -0.39 is 0 Å². The largest absolute Gasteiger partial charge is 0.468 e. The maximum atomic E-state index is 11.2. The van der Waals surface area contributed by atoms with Gasteiger partial charge in [-0.3, -0.25) is 4.79 Å². The van der Waals surface area contributed by atoms with Gasteiger partial charge in [-0.1, -0.05) is 0 Å². The van der Waals surface area contributed by atoms with Gasteiger partial charge in [0.25, 0.3) is 0 Å². The minimum Gasteiger partial charge on any atom is -0.468 e. The van der Waals surface area contributed by atoms with E-state index in [1.807, 2.05) is 0 Å². The van der Waals surface area contributed by atoms with E-state index in [1.165, 1.54) is 7.11 Å². The first kappa shape index (κ1) is 12.4. The summed E-state index contributed by atoms with van der Waals surface area (Å²) in [4.78, 5) is 11.2. The fourth-order valence-electron chi connectivity index (χ4n) is 1.49. The Hall–Kier alpha value is -0.650. The zero-order chi connectivity index (χ0) is 11.1. The first-order chi connectivity index (χ1) is 7.27. The normalized spacial score (nSPS) is 19.9. The molecule has 0 aliphatic carbocycles. The molecule has 1 saturated heterocycles. The Morgan fingerprint density at radius 3 is 2.73 bits per heavy atom. The van der Waals surface area contributed by atoms with Crippen molar-refractivity contribution >= 4 is 5.97 Å². The van der Waals surface area contributed by atoms with E-state index in [4.69, 9.17) is 9.47 Å². The summed E-state index contributed by atoms with van der Waals surface area (Å²) in [5.74, 6) is -0.287. The van der Waals surface area contributed by atoms with Crippen molar-refractivity contribution in [1.82, 2.24) is 5.32 Å². The molecule has 0 aromatic heterocycles. The molecule has 0 saturated carbocycles. The lowest BCUT2D eigenvalue weighted by Crippen LogP contribution is -2.40. The van der Waals surface area contributed by atoms with Gasteiger partial charge in [-0.2, -0.15) is 0 Å². The van der Waals surface area contributed by atoms with Crippen LogP contribution >= 0.6 is 0 Å². The summed E-state index contributed by atoms with van der Waals surface area (Å²) in [6, 6.07) is -0.377. The number of ether oxygens (including phenoxy) is 3. The third-order valence-corrected chi connectivity index (χ3v) is 2.50. The number of esters is 1. The molecule has 1 atom stereocenters. The summed E-state index contributed by atoms with van der Waals surface area (Å²) in [5.41, 5.74) is 0. The van der Waals surface area contributed by atoms with Gasteiger partial charge in [0.2, 0.25) is 0 Å². The van der Waals surface area contributed by atoms with Gasteiger partial charge in [0.1, 0.15) is 6.04 Å². The van der Waals surface area contributed by atoms with Crippen LogP contribution < -0.4 is 5.32 Å². The smallest absolute Gasteiger partial charge is 0.325 e. The van der Waals surface area contributed by atoms with Gasteiger partial charge in [0, 0.05) is 13.2 Å². The summed E-state index contributed by atoms with van der Waals surface area (Å²) in [6.45, 7) is 1.84. The van der Waals surface area contributed by atoms with Crippen LogP contribution in [0.15, 0.2) is 0 Å². The minimum absolute atomic E-state index is 0.208. The number of hydrogen-bond donors (Lipinski definition) is 1. The van der Waals surface area contributed by atoms with Crippen molar-refractivity contribution in [2.24, 2.45) is 0 Å². The van der Waals surface area contributed by atoms with Gasteiger partial charge < -0.3 is 19.5 Å². The Kier molecular flexibility index (Phi) is 5.60. The van der Waals surface area contributed by atoms with Crippen LogP contribution in [-0.4, -0.2) is 52.1 Å². The highest BCUT2D eigenvalue weighted by atomic mass is 16.5. The number of hydrogen-bond acceptors (Lipinski definition) is 5. The van der Waals surface area contributed by atoms with E-state index in [0.29, 0.717) is 6.61 Å². The third-order valence-electron chi connectivity index (χ3n) is 2.50. The van der Waals surface area contributed by atoms with Crippen LogP contribution in [0.1, 0.15) is 12.8 Å². The Balaban J connectivity index is 2.23. The van der Waals surface area contributed by atoms with Crippen LogP contribution in [0.5, 0.6) is 0 Å². The van der Waals surface area contributed by atoms with Crippen molar-refractivity contribution in [3.8, 4) is 0 Å². The zero-order valence-electron chi connectivity index (χ0n) is 9.32. The number of carbonyl (C=O) groups is 1. The van der Waals surface area contributed by atoms with Crippen molar-refractivity contribution in [2.45, 2.75) is 25.0 Å². The fraction of sp³-hybridized carbons (Fsp3) is 0.900. The number of methoxy groups -OCH3 is 1. The molecule has 1 N–H and O–H groups in total. The number of rotatable bonds is 5. The van der Waals surface area contributed by atoms with E-state index in [9.17, 15) is 4.79 Å². The van der Waals surface area contributed by atoms with Crippen molar-refractivity contribution in [1.29, 1.82) is 0 Å².